The zero-order chi connectivity index (χ0) is 17.4. The van der Waals surface area contributed by atoms with E-state index in [1.54, 1.807) is 7.11 Å². The second-order valence-electron chi connectivity index (χ2n) is 5.53. The van der Waals surface area contributed by atoms with Crippen molar-refractivity contribution in [2.75, 3.05) is 34.5 Å². The highest BCUT2D eigenvalue weighted by molar-refractivity contribution is 5.66. The number of benzene rings is 1. The van der Waals surface area contributed by atoms with Crippen LogP contribution in [0.1, 0.15) is 31.4 Å². The third kappa shape index (κ3) is 4.79. The van der Waals surface area contributed by atoms with Gasteiger partial charge in [0.05, 0.1) is 20.8 Å². The lowest BCUT2D eigenvalue weighted by Crippen LogP contribution is -2.07. The van der Waals surface area contributed by atoms with E-state index in [0.29, 0.717) is 36.9 Å². The average molecular weight is 324 g/mol. The molecule has 0 bridgehead atoms. The van der Waals surface area contributed by atoms with Crippen molar-refractivity contribution in [2.24, 2.45) is 0 Å². The predicted molar refractivity (Wildman–Crippen MR) is 91.1 cm³/mol. The van der Waals surface area contributed by atoms with Gasteiger partial charge in [-0.25, -0.2) is 0 Å². The molecule has 1 aromatic rings. The maximum absolute atomic E-state index is 10.5. The maximum Gasteiger partial charge on any atom is 0.207 e. The molecule has 1 N–H and O–H groups in total. The summed E-state index contributed by atoms with van der Waals surface area (Å²) in [5, 5.41) is 10.5. The van der Waals surface area contributed by atoms with Gasteiger partial charge < -0.3 is 24.1 Å². The van der Waals surface area contributed by atoms with E-state index in [-0.39, 0.29) is 5.75 Å². The second kappa shape index (κ2) is 9.30. The first-order chi connectivity index (χ1) is 11.0. The molecule has 0 atom stereocenters. The van der Waals surface area contributed by atoms with Crippen LogP contribution in [0.5, 0.6) is 23.0 Å². The third-order valence-electron chi connectivity index (χ3n) is 3.57. The maximum atomic E-state index is 10.5. The molecule has 5 heteroatoms. The van der Waals surface area contributed by atoms with Gasteiger partial charge in [-0.05, 0) is 27.2 Å². The number of phenols is 1. The normalized spacial score (nSPS) is 10.3. The molecule has 0 aliphatic carbocycles. The van der Waals surface area contributed by atoms with Crippen LogP contribution in [0.25, 0.3) is 0 Å². The van der Waals surface area contributed by atoms with E-state index in [1.807, 2.05) is 20.8 Å². The van der Waals surface area contributed by atoms with Crippen molar-refractivity contribution in [1.29, 1.82) is 0 Å². The van der Waals surface area contributed by atoms with Crippen LogP contribution in [0.3, 0.4) is 0 Å². The number of rotatable bonds is 9. The molecule has 0 saturated carbocycles. The summed E-state index contributed by atoms with van der Waals surface area (Å²) in [6.45, 7) is 7.09. The molecule has 0 fully saturated rings. The number of ether oxygens (including phenoxy) is 4. The van der Waals surface area contributed by atoms with Crippen molar-refractivity contribution < 1.29 is 24.1 Å². The fraction of sp³-hybridized carbons (Fsp3) is 0.556. The molecule has 0 heterocycles. The number of phenolic OH excluding ortho intramolecular Hbond substituents is 1. The number of aromatic hydroxyl groups is 1. The summed E-state index contributed by atoms with van der Waals surface area (Å²) in [7, 11) is 4.70. The van der Waals surface area contributed by atoms with Crippen LogP contribution < -0.4 is 14.2 Å². The second-order valence-corrected chi connectivity index (χ2v) is 5.53. The van der Waals surface area contributed by atoms with Crippen LogP contribution in [0.4, 0.5) is 0 Å². The Labute approximate surface area is 138 Å². The summed E-state index contributed by atoms with van der Waals surface area (Å²) in [4.78, 5) is 0. The number of allylic oxidation sites excluding steroid dienone is 2. The fourth-order valence-corrected chi connectivity index (χ4v) is 2.31. The van der Waals surface area contributed by atoms with Gasteiger partial charge in [0.2, 0.25) is 11.5 Å². The molecule has 0 aliphatic heterocycles. The summed E-state index contributed by atoms with van der Waals surface area (Å²) in [5.74, 6) is 1.43. The highest BCUT2D eigenvalue weighted by Crippen LogP contribution is 2.49. The summed E-state index contributed by atoms with van der Waals surface area (Å²) in [6.07, 6.45) is 3.43. The smallest absolute Gasteiger partial charge is 0.207 e. The summed E-state index contributed by atoms with van der Waals surface area (Å²) >= 11 is 0. The van der Waals surface area contributed by atoms with Crippen molar-refractivity contribution in [3.05, 3.63) is 22.8 Å². The van der Waals surface area contributed by atoms with Gasteiger partial charge in [0.15, 0.2) is 11.5 Å². The number of hydrogen-bond donors (Lipinski definition) is 1. The van der Waals surface area contributed by atoms with E-state index in [9.17, 15) is 5.11 Å². The van der Waals surface area contributed by atoms with E-state index in [1.165, 1.54) is 19.8 Å². The minimum Gasteiger partial charge on any atom is -0.504 e. The van der Waals surface area contributed by atoms with Crippen LogP contribution in [-0.2, 0) is 11.2 Å². The Morgan fingerprint density at radius 1 is 1.00 bits per heavy atom. The highest BCUT2D eigenvalue weighted by atomic mass is 16.5. The monoisotopic (exact) mass is 324 g/mol. The Hall–Kier alpha value is -1.88. The minimum absolute atomic E-state index is 0.101. The first-order valence-corrected chi connectivity index (χ1v) is 7.69. The van der Waals surface area contributed by atoms with Crippen molar-refractivity contribution in [1.82, 2.24) is 0 Å². The Morgan fingerprint density at radius 2 is 1.65 bits per heavy atom. The predicted octanol–water partition coefficient (Wildman–Crippen LogP) is 3.64. The molecule has 0 unspecified atom stereocenters. The Morgan fingerprint density at radius 3 is 2.17 bits per heavy atom. The molecule has 5 nitrogen and oxygen atoms in total. The van der Waals surface area contributed by atoms with E-state index < -0.39 is 0 Å². The van der Waals surface area contributed by atoms with E-state index in [0.717, 1.165) is 17.5 Å². The fourth-order valence-electron chi connectivity index (χ4n) is 2.31. The van der Waals surface area contributed by atoms with Crippen molar-refractivity contribution >= 4 is 0 Å². The Bertz CT molecular complexity index is 545. The zero-order valence-electron chi connectivity index (χ0n) is 15.0. The largest absolute Gasteiger partial charge is 0.504 e. The third-order valence-corrected chi connectivity index (χ3v) is 3.57. The lowest BCUT2D eigenvalue weighted by molar-refractivity contribution is 0.170. The molecule has 1 rings (SSSR count). The Kier molecular flexibility index (Phi) is 7.75. The van der Waals surface area contributed by atoms with Gasteiger partial charge in [-0.3, -0.25) is 0 Å². The van der Waals surface area contributed by atoms with Crippen LogP contribution >= 0.6 is 0 Å². The molecular formula is C18H28O5. The van der Waals surface area contributed by atoms with E-state index >= 15 is 0 Å². The van der Waals surface area contributed by atoms with E-state index in [4.69, 9.17) is 18.9 Å². The molecule has 1 aromatic carbocycles. The summed E-state index contributed by atoms with van der Waals surface area (Å²) in [6, 6.07) is 0. The summed E-state index contributed by atoms with van der Waals surface area (Å²) in [5.41, 5.74) is 2.82. The van der Waals surface area contributed by atoms with Gasteiger partial charge in [-0.2, -0.15) is 0 Å². The van der Waals surface area contributed by atoms with Gasteiger partial charge in [0, 0.05) is 31.3 Å². The summed E-state index contributed by atoms with van der Waals surface area (Å²) < 4.78 is 21.7. The molecule has 130 valence electrons. The van der Waals surface area contributed by atoms with Crippen LogP contribution in [-0.4, -0.2) is 39.6 Å². The van der Waals surface area contributed by atoms with Gasteiger partial charge in [0.25, 0.3) is 0 Å². The van der Waals surface area contributed by atoms with Gasteiger partial charge >= 0.3 is 0 Å². The average Bonchev–Trinajstić information content (AvgIpc) is 2.52. The van der Waals surface area contributed by atoms with Gasteiger partial charge in [-0.15, -0.1) is 0 Å². The van der Waals surface area contributed by atoms with Crippen LogP contribution in [0, 0.1) is 6.92 Å². The molecule has 23 heavy (non-hydrogen) atoms. The molecule has 0 radical (unpaired) electrons. The molecule has 0 spiro atoms. The molecular weight excluding hydrogens is 296 g/mol. The van der Waals surface area contributed by atoms with Crippen LogP contribution in [0.15, 0.2) is 11.6 Å². The minimum atomic E-state index is 0.101. The molecule has 0 saturated heterocycles. The van der Waals surface area contributed by atoms with Crippen molar-refractivity contribution in [2.45, 2.75) is 33.6 Å². The SMILES string of the molecule is COCCCOc1c(C)c(CC=C(C)C)c(O)c(OC)c1OC. The lowest BCUT2D eigenvalue weighted by atomic mass is 10.0. The first kappa shape index (κ1) is 19.2. The highest BCUT2D eigenvalue weighted by Gasteiger charge is 2.24. The molecule has 0 aliphatic rings. The number of methoxy groups -OCH3 is 3. The van der Waals surface area contributed by atoms with E-state index in [2.05, 4.69) is 6.08 Å². The topological polar surface area (TPSA) is 57.2 Å². The Balaban J connectivity index is 3.28. The number of hydrogen-bond acceptors (Lipinski definition) is 5. The molecule has 0 aromatic heterocycles. The first-order valence-electron chi connectivity index (χ1n) is 7.69. The van der Waals surface area contributed by atoms with Crippen molar-refractivity contribution in [3.63, 3.8) is 0 Å². The van der Waals surface area contributed by atoms with Crippen molar-refractivity contribution in [3.8, 4) is 23.0 Å². The zero-order valence-corrected chi connectivity index (χ0v) is 15.0. The quantitative estimate of drug-likeness (QED) is 0.555. The van der Waals surface area contributed by atoms with Gasteiger partial charge in [0.1, 0.15) is 0 Å². The standard InChI is InChI=1S/C18H28O5/c1-12(2)8-9-14-13(3)16(23-11-7-10-20-4)18(22-6)17(21-5)15(14)19/h8,19H,7,9-11H2,1-6H3. The molecule has 0 amide bonds. The lowest BCUT2D eigenvalue weighted by Gasteiger charge is -2.20. The van der Waals surface area contributed by atoms with Gasteiger partial charge in [-0.1, -0.05) is 11.6 Å². The van der Waals surface area contributed by atoms with Crippen LogP contribution in [0.2, 0.25) is 0 Å².